The van der Waals surface area contributed by atoms with E-state index in [1.807, 2.05) is 0 Å². The maximum Gasteiger partial charge on any atom is 0.277 e. The number of aliphatic hydroxyl groups excluding tert-OH is 1. The molecule has 0 spiro atoms. The summed E-state index contributed by atoms with van der Waals surface area (Å²) in [5.41, 5.74) is 1.04. The van der Waals surface area contributed by atoms with E-state index in [4.69, 9.17) is 28.4 Å². The normalized spacial score (nSPS) is 11.9. The number of para-hydroxylation sites is 1. The average Bonchev–Trinajstić information content (AvgIpc) is 3.38. The summed E-state index contributed by atoms with van der Waals surface area (Å²) >= 11 is 0. The number of methoxy groups -OCH3 is 6. The van der Waals surface area contributed by atoms with Crippen molar-refractivity contribution in [2.75, 3.05) is 55.0 Å². The SMILES string of the molecule is COc1cccc(C(=O)Nc2cc(OC)c(OC)c(C(=O)N(C)N3Cc4ccc(OC)c(OC)c4C3=O)c2CO)c1OC. The molecule has 228 valence electrons. The van der Waals surface area contributed by atoms with Crippen LogP contribution in [0.25, 0.3) is 0 Å². The van der Waals surface area contributed by atoms with E-state index in [0.717, 1.165) is 5.01 Å². The Morgan fingerprint density at radius 1 is 0.860 bits per heavy atom. The van der Waals surface area contributed by atoms with Crippen LogP contribution < -0.4 is 33.7 Å². The quantitative estimate of drug-likeness (QED) is 0.339. The van der Waals surface area contributed by atoms with E-state index in [1.165, 1.54) is 66.8 Å². The van der Waals surface area contributed by atoms with Crippen LogP contribution in [0.2, 0.25) is 0 Å². The summed E-state index contributed by atoms with van der Waals surface area (Å²) in [5.74, 6) is -0.534. The third-order valence-corrected chi connectivity index (χ3v) is 7.10. The van der Waals surface area contributed by atoms with E-state index in [9.17, 15) is 19.5 Å². The standard InChI is InChI=1S/C30H33N3O10/c1-32(33-14-16-11-12-21(39-3)26(42-6)23(16)30(33)37)29(36)24-18(15-34)19(13-22(40-4)27(24)43-7)31-28(35)17-9-8-10-20(38-2)25(17)41-5/h8-13,34H,14-15H2,1-7H3,(H,31,35). The van der Waals surface area contributed by atoms with E-state index < -0.39 is 24.3 Å². The molecule has 3 aromatic carbocycles. The highest BCUT2D eigenvalue weighted by Crippen LogP contribution is 2.42. The fraction of sp³-hybridized carbons (Fsp3) is 0.300. The lowest BCUT2D eigenvalue weighted by molar-refractivity contribution is 0.00864. The zero-order valence-corrected chi connectivity index (χ0v) is 24.9. The minimum absolute atomic E-state index is 0.00349. The fourth-order valence-electron chi connectivity index (χ4n) is 5.00. The highest BCUT2D eigenvalue weighted by atomic mass is 16.5. The third-order valence-electron chi connectivity index (χ3n) is 7.10. The largest absolute Gasteiger partial charge is 0.493 e. The predicted molar refractivity (Wildman–Crippen MR) is 154 cm³/mol. The molecule has 0 fully saturated rings. The van der Waals surface area contributed by atoms with Gasteiger partial charge in [-0.2, -0.15) is 0 Å². The minimum atomic E-state index is -0.707. The van der Waals surface area contributed by atoms with Gasteiger partial charge in [-0.1, -0.05) is 12.1 Å². The Morgan fingerprint density at radius 2 is 1.49 bits per heavy atom. The van der Waals surface area contributed by atoms with Gasteiger partial charge in [0.2, 0.25) is 0 Å². The Labute approximate surface area is 248 Å². The molecule has 0 aliphatic carbocycles. The monoisotopic (exact) mass is 595 g/mol. The first kappa shape index (κ1) is 30.8. The van der Waals surface area contributed by atoms with Crippen LogP contribution in [0.1, 0.15) is 42.2 Å². The number of amides is 3. The number of benzene rings is 3. The molecule has 0 atom stereocenters. The Balaban J connectivity index is 1.77. The van der Waals surface area contributed by atoms with Gasteiger partial charge in [-0.25, -0.2) is 10.0 Å². The molecule has 1 heterocycles. The molecule has 13 nitrogen and oxygen atoms in total. The molecular weight excluding hydrogens is 562 g/mol. The molecule has 0 aromatic heterocycles. The van der Waals surface area contributed by atoms with Gasteiger partial charge < -0.3 is 38.8 Å². The van der Waals surface area contributed by atoms with Gasteiger partial charge in [0, 0.05) is 18.7 Å². The number of ether oxygens (including phenoxy) is 6. The molecule has 0 bridgehead atoms. The highest BCUT2D eigenvalue weighted by molar-refractivity contribution is 6.10. The smallest absolute Gasteiger partial charge is 0.277 e. The van der Waals surface area contributed by atoms with Crippen molar-refractivity contribution in [3.8, 4) is 34.5 Å². The van der Waals surface area contributed by atoms with Crippen molar-refractivity contribution in [3.05, 3.63) is 64.2 Å². The summed E-state index contributed by atoms with van der Waals surface area (Å²) in [5, 5.41) is 15.6. The maximum absolute atomic E-state index is 14.1. The van der Waals surface area contributed by atoms with Gasteiger partial charge in [-0.15, -0.1) is 0 Å². The van der Waals surface area contributed by atoms with Crippen molar-refractivity contribution in [2.24, 2.45) is 0 Å². The summed E-state index contributed by atoms with van der Waals surface area (Å²) in [6.07, 6.45) is 0. The van der Waals surface area contributed by atoms with Gasteiger partial charge in [-0.3, -0.25) is 14.4 Å². The van der Waals surface area contributed by atoms with Crippen LogP contribution in [0.4, 0.5) is 5.69 Å². The zero-order valence-electron chi connectivity index (χ0n) is 24.9. The number of anilines is 1. The second-order valence-electron chi connectivity index (χ2n) is 9.19. The number of nitrogens with one attached hydrogen (secondary N) is 1. The van der Waals surface area contributed by atoms with Crippen LogP contribution >= 0.6 is 0 Å². The molecule has 4 rings (SSSR count). The van der Waals surface area contributed by atoms with E-state index >= 15 is 0 Å². The zero-order chi connectivity index (χ0) is 31.4. The molecule has 43 heavy (non-hydrogen) atoms. The number of fused-ring (bicyclic) bond motifs is 1. The van der Waals surface area contributed by atoms with Crippen LogP contribution in [-0.4, -0.2) is 82.6 Å². The number of carbonyl (C=O) groups excluding carboxylic acids is 3. The average molecular weight is 596 g/mol. The number of hydrogen-bond acceptors (Lipinski definition) is 10. The fourth-order valence-corrected chi connectivity index (χ4v) is 5.00. The summed E-state index contributed by atoms with van der Waals surface area (Å²) < 4.78 is 32.5. The molecule has 3 aromatic rings. The topological polar surface area (TPSA) is 145 Å². The highest BCUT2D eigenvalue weighted by Gasteiger charge is 2.38. The molecule has 0 radical (unpaired) electrons. The van der Waals surface area contributed by atoms with E-state index in [-0.39, 0.29) is 57.5 Å². The van der Waals surface area contributed by atoms with Crippen molar-refractivity contribution in [2.45, 2.75) is 13.2 Å². The van der Waals surface area contributed by atoms with E-state index in [1.54, 1.807) is 24.3 Å². The second-order valence-corrected chi connectivity index (χ2v) is 9.19. The Hall–Kier alpha value is -5.17. The first-order chi connectivity index (χ1) is 20.7. The lowest BCUT2D eigenvalue weighted by atomic mass is 10.0. The van der Waals surface area contributed by atoms with Gasteiger partial charge >= 0.3 is 0 Å². The van der Waals surface area contributed by atoms with Crippen molar-refractivity contribution in [3.63, 3.8) is 0 Å². The summed E-state index contributed by atoms with van der Waals surface area (Å²) in [6.45, 7) is -0.601. The lowest BCUT2D eigenvalue weighted by Gasteiger charge is -2.30. The van der Waals surface area contributed by atoms with E-state index in [2.05, 4.69) is 5.32 Å². The number of hydrogen-bond donors (Lipinski definition) is 2. The number of carbonyl (C=O) groups is 3. The number of nitrogens with zero attached hydrogens (tertiary/aromatic N) is 2. The van der Waals surface area contributed by atoms with Gasteiger partial charge in [-0.05, 0) is 23.8 Å². The molecule has 2 N–H and O–H groups in total. The third kappa shape index (κ3) is 5.30. The van der Waals surface area contributed by atoms with Crippen LogP contribution in [0.3, 0.4) is 0 Å². The summed E-state index contributed by atoms with van der Waals surface area (Å²) in [4.78, 5) is 41.1. The van der Waals surface area contributed by atoms with Gasteiger partial charge in [0.15, 0.2) is 34.5 Å². The number of hydrazine groups is 1. The second kappa shape index (κ2) is 12.8. The first-order valence-corrected chi connectivity index (χ1v) is 13.0. The minimum Gasteiger partial charge on any atom is -0.493 e. The molecule has 0 saturated heterocycles. The Kier molecular flexibility index (Phi) is 9.15. The van der Waals surface area contributed by atoms with Crippen LogP contribution in [0.15, 0.2) is 36.4 Å². The molecule has 1 aliphatic heterocycles. The van der Waals surface area contributed by atoms with Crippen molar-refractivity contribution < 1.29 is 47.9 Å². The van der Waals surface area contributed by atoms with Crippen LogP contribution in [0, 0.1) is 0 Å². The molecule has 13 heteroatoms. The summed E-state index contributed by atoms with van der Waals surface area (Å²) in [6, 6.07) is 9.63. The van der Waals surface area contributed by atoms with Gasteiger partial charge in [0.05, 0.1) is 78.2 Å². The molecule has 0 saturated carbocycles. The predicted octanol–water partition coefficient (Wildman–Crippen LogP) is 3.13. The first-order valence-electron chi connectivity index (χ1n) is 13.0. The van der Waals surface area contributed by atoms with Crippen molar-refractivity contribution in [1.29, 1.82) is 0 Å². The molecule has 3 amide bonds. The number of aliphatic hydroxyl groups is 1. The summed E-state index contributed by atoms with van der Waals surface area (Å²) in [7, 11) is 9.85. The van der Waals surface area contributed by atoms with Gasteiger partial charge in [0.25, 0.3) is 17.7 Å². The van der Waals surface area contributed by atoms with Crippen LogP contribution in [0.5, 0.6) is 34.5 Å². The Bertz CT molecular complexity index is 1570. The number of rotatable bonds is 11. The molecule has 0 unspecified atom stereocenters. The van der Waals surface area contributed by atoms with Gasteiger partial charge in [0.1, 0.15) is 0 Å². The maximum atomic E-state index is 14.1. The van der Waals surface area contributed by atoms with Crippen LogP contribution in [-0.2, 0) is 13.2 Å². The Morgan fingerprint density at radius 3 is 2.07 bits per heavy atom. The molecule has 1 aliphatic rings. The van der Waals surface area contributed by atoms with Crippen molar-refractivity contribution >= 4 is 23.4 Å². The molecular formula is C30H33N3O10. The van der Waals surface area contributed by atoms with Crippen molar-refractivity contribution in [1.82, 2.24) is 10.0 Å². The van der Waals surface area contributed by atoms with E-state index in [0.29, 0.717) is 17.1 Å². The lowest BCUT2D eigenvalue weighted by Crippen LogP contribution is -2.44.